The van der Waals surface area contributed by atoms with Crippen molar-refractivity contribution in [2.45, 2.75) is 52.2 Å². The maximum atomic E-state index is 12.4. The molecule has 0 saturated carbocycles. The average Bonchev–Trinajstić information content (AvgIpc) is 3.03. The molecule has 0 aliphatic carbocycles. The highest BCUT2D eigenvalue weighted by Crippen LogP contribution is 2.12. The summed E-state index contributed by atoms with van der Waals surface area (Å²) in [5, 5.41) is 7.51. The number of hydrogen-bond acceptors (Lipinski definition) is 3. The van der Waals surface area contributed by atoms with Crippen LogP contribution < -0.4 is 5.32 Å². The van der Waals surface area contributed by atoms with Crippen molar-refractivity contribution in [2.75, 3.05) is 7.05 Å². The molecule has 0 aliphatic heterocycles. The first kappa shape index (κ1) is 18.2. The highest BCUT2D eigenvalue weighted by Gasteiger charge is 2.24. The monoisotopic (exact) mass is 328 g/mol. The van der Waals surface area contributed by atoms with Gasteiger partial charge in [0.05, 0.1) is 17.9 Å². The van der Waals surface area contributed by atoms with E-state index < -0.39 is 0 Å². The average molecular weight is 328 g/mol. The van der Waals surface area contributed by atoms with Crippen molar-refractivity contribution in [2.24, 2.45) is 0 Å². The van der Waals surface area contributed by atoms with Crippen molar-refractivity contribution in [1.29, 1.82) is 0 Å². The second kappa shape index (κ2) is 7.62. The van der Waals surface area contributed by atoms with Crippen LogP contribution in [0.2, 0.25) is 0 Å². The van der Waals surface area contributed by atoms with E-state index in [1.54, 1.807) is 0 Å². The summed E-state index contributed by atoms with van der Waals surface area (Å²) >= 11 is 0. The lowest BCUT2D eigenvalue weighted by atomic mass is 10.0. The number of likely N-dealkylation sites (N-methyl/N-ethyl adjacent to an activating group) is 1. The molecule has 1 amide bonds. The SMILES string of the molecule is CCC(C)(C)NC(=O)C(C)N(C)Cc1cnn(-c2ccccc2)c1. The van der Waals surface area contributed by atoms with Gasteiger partial charge < -0.3 is 5.32 Å². The molecular weight excluding hydrogens is 300 g/mol. The van der Waals surface area contributed by atoms with Crippen molar-refractivity contribution >= 4 is 5.91 Å². The topological polar surface area (TPSA) is 50.2 Å². The maximum Gasteiger partial charge on any atom is 0.237 e. The van der Waals surface area contributed by atoms with E-state index in [2.05, 4.69) is 17.3 Å². The van der Waals surface area contributed by atoms with Gasteiger partial charge in [0.15, 0.2) is 0 Å². The summed E-state index contributed by atoms with van der Waals surface area (Å²) in [4.78, 5) is 14.4. The highest BCUT2D eigenvalue weighted by molar-refractivity contribution is 5.81. The minimum absolute atomic E-state index is 0.0554. The summed E-state index contributed by atoms with van der Waals surface area (Å²) < 4.78 is 1.86. The van der Waals surface area contributed by atoms with E-state index in [-0.39, 0.29) is 17.5 Å². The quantitative estimate of drug-likeness (QED) is 0.850. The lowest BCUT2D eigenvalue weighted by Gasteiger charge is -2.30. The molecule has 5 heteroatoms. The number of para-hydroxylation sites is 1. The molecule has 0 aliphatic rings. The van der Waals surface area contributed by atoms with Crippen LogP contribution in [0.15, 0.2) is 42.7 Å². The number of amides is 1. The fraction of sp³-hybridized carbons (Fsp3) is 0.474. The number of rotatable bonds is 7. The number of nitrogens with one attached hydrogen (secondary N) is 1. The number of benzene rings is 1. The van der Waals surface area contributed by atoms with Crippen LogP contribution in [0.3, 0.4) is 0 Å². The molecule has 1 aromatic heterocycles. The van der Waals surface area contributed by atoms with Crippen LogP contribution >= 0.6 is 0 Å². The van der Waals surface area contributed by atoms with Crippen LogP contribution in [0, 0.1) is 0 Å². The van der Waals surface area contributed by atoms with Crippen molar-refractivity contribution in [3.8, 4) is 5.69 Å². The van der Waals surface area contributed by atoms with Crippen molar-refractivity contribution < 1.29 is 4.79 Å². The molecular formula is C19H28N4O. The van der Waals surface area contributed by atoms with Gasteiger partial charge in [-0.1, -0.05) is 25.1 Å². The number of aromatic nitrogens is 2. The standard InChI is InChI=1S/C19H28N4O/c1-6-19(3,4)21-18(24)15(2)22(5)13-16-12-20-23(14-16)17-10-8-7-9-11-17/h7-12,14-15H,6,13H2,1-5H3,(H,21,24). The third-order valence-corrected chi connectivity index (χ3v) is 4.47. The van der Waals surface area contributed by atoms with Crippen molar-refractivity contribution in [3.63, 3.8) is 0 Å². The van der Waals surface area contributed by atoms with Crippen molar-refractivity contribution in [3.05, 3.63) is 48.3 Å². The third-order valence-electron chi connectivity index (χ3n) is 4.47. The van der Waals surface area contributed by atoms with Crippen LogP contribution in [0.5, 0.6) is 0 Å². The molecule has 5 nitrogen and oxygen atoms in total. The van der Waals surface area contributed by atoms with Crippen molar-refractivity contribution in [1.82, 2.24) is 20.0 Å². The number of hydrogen-bond donors (Lipinski definition) is 1. The van der Waals surface area contributed by atoms with Gasteiger partial charge in [0.2, 0.25) is 5.91 Å². The first-order chi connectivity index (χ1) is 11.3. The second-order valence-electron chi connectivity index (χ2n) is 6.95. The second-order valence-corrected chi connectivity index (χ2v) is 6.95. The van der Waals surface area contributed by atoms with E-state index in [0.29, 0.717) is 6.54 Å². The Kier molecular flexibility index (Phi) is 5.78. The Hall–Kier alpha value is -2.14. The molecule has 2 rings (SSSR count). The number of nitrogens with zero attached hydrogens (tertiary/aromatic N) is 3. The van der Waals surface area contributed by atoms with Crippen LogP contribution in [0.4, 0.5) is 0 Å². The number of carbonyl (C=O) groups is 1. The lowest BCUT2D eigenvalue weighted by molar-refractivity contribution is -0.127. The zero-order valence-corrected chi connectivity index (χ0v) is 15.3. The summed E-state index contributed by atoms with van der Waals surface area (Å²) in [6, 6.07) is 9.80. The van der Waals surface area contributed by atoms with Gasteiger partial charge >= 0.3 is 0 Å². The van der Waals surface area contributed by atoms with E-state index in [1.165, 1.54) is 0 Å². The summed E-state index contributed by atoms with van der Waals surface area (Å²) in [6.45, 7) is 8.77. The highest BCUT2D eigenvalue weighted by atomic mass is 16.2. The zero-order valence-electron chi connectivity index (χ0n) is 15.3. The van der Waals surface area contributed by atoms with Gasteiger partial charge in [0.1, 0.15) is 0 Å². The van der Waals surface area contributed by atoms with E-state index in [4.69, 9.17) is 0 Å². The third kappa shape index (κ3) is 4.68. The van der Waals surface area contributed by atoms with Gasteiger partial charge in [-0.05, 0) is 46.4 Å². The molecule has 0 bridgehead atoms. The Morgan fingerprint density at radius 2 is 2.00 bits per heavy atom. The van der Waals surface area contributed by atoms with Gasteiger partial charge in [0.25, 0.3) is 0 Å². The zero-order chi connectivity index (χ0) is 17.7. The summed E-state index contributed by atoms with van der Waals surface area (Å²) in [7, 11) is 1.96. The molecule has 0 radical (unpaired) electrons. The molecule has 24 heavy (non-hydrogen) atoms. The number of carbonyl (C=O) groups excluding carboxylic acids is 1. The van der Waals surface area contributed by atoms with E-state index >= 15 is 0 Å². The van der Waals surface area contributed by atoms with Crippen LogP contribution in [0.25, 0.3) is 5.69 Å². The summed E-state index contributed by atoms with van der Waals surface area (Å²) in [5.41, 5.74) is 1.93. The van der Waals surface area contributed by atoms with E-state index in [9.17, 15) is 4.79 Å². The minimum Gasteiger partial charge on any atom is -0.350 e. The summed E-state index contributed by atoms with van der Waals surface area (Å²) in [5.74, 6) is 0.0554. The Morgan fingerprint density at radius 1 is 1.33 bits per heavy atom. The molecule has 2 aromatic rings. The van der Waals surface area contributed by atoms with Gasteiger partial charge in [0, 0.05) is 23.8 Å². The lowest BCUT2D eigenvalue weighted by Crippen LogP contribution is -2.50. The smallest absolute Gasteiger partial charge is 0.237 e. The first-order valence-electron chi connectivity index (χ1n) is 8.43. The van der Waals surface area contributed by atoms with Gasteiger partial charge in [-0.15, -0.1) is 0 Å². The summed E-state index contributed by atoms with van der Waals surface area (Å²) in [6.07, 6.45) is 4.76. The fourth-order valence-electron chi connectivity index (χ4n) is 2.32. The molecule has 0 spiro atoms. The molecule has 1 unspecified atom stereocenters. The van der Waals surface area contributed by atoms with Crippen LogP contribution in [0.1, 0.15) is 39.7 Å². The maximum absolute atomic E-state index is 12.4. The molecule has 0 saturated heterocycles. The molecule has 0 fully saturated rings. The first-order valence-corrected chi connectivity index (χ1v) is 8.43. The Bertz CT molecular complexity index is 663. The Balaban J connectivity index is 1.98. The predicted molar refractivity (Wildman–Crippen MR) is 97.0 cm³/mol. The normalized spacial score (nSPS) is 13.1. The molecule has 1 N–H and O–H groups in total. The molecule has 1 atom stereocenters. The molecule has 1 aromatic carbocycles. The predicted octanol–water partition coefficient (Wildman–Crippen LogP) is 3.00. The Morgan fingerprint density at radius 3 is 2.62 bits per heavy atom. The largest absolute Gasteiger partial charge is 0.350 e. The van der Waals surface area contributed by atoms with E-state index in [1.807, 2.05) is 80.1 Å². The van der Waals surface area contributed by atoms with Crippen LogP contribution in [-0.2, 0) is 11.3 Å². The fourth-order valence-corrected chi connectivity index (χ4v) is 2.32. The van der Waals surface area contributed by atoms with Crippen LogP contribution in [-0.4, -0.2) is 39.2 Å². The Labute approximate surface area is 144 Å². The van der Waals surface area contributed by atoms with Gasteiger partial charge in [-0.2, -0.15) is 5.10 Å². The molecule has 1 heterocycles. The molecule has 130 valence electrons. The van der Waals surface area contributed by atoms with E-state index in [0.717, 1.165) is 17.7 Å². The van der Waals surface area contributed by atoms with Gasteiger partial charge in [-0.3, -0.25) is 9.69 Å². The van der Waals surface area contributed by atoms with Gasteiger partial charge in [-0.25, -0.2) is 4.68 Å². The minimum atomic E-state index is -0.198.